The van der Waals surface area contributed by atoms with Crippen LogP contribution in [-0.4, -0.2) is 32.0 Å². The summed E-state index contributed by atoms with van der Waals surface area (Å²) in [7, 11) is 1.52. The number of hydrogen-bond acceptors (Lipinski definition) is 5. The molecule has 6 heteroatoms. The van der Waals surface area contributed by atoms with Crippen LogP contribution in [0.4, 0.5) is 5.69 Å². The van der Waals surface area contributed by atoms with Crippen molar-refractivity contribution in [2.24, 2.45) is 0 Å². The summed E-state index contributed by atoms with van der Waals surface area (Å²) in [5.41, 5.74) is -0.0470. The maximum Gasteiger partial charge on any atom is 0.310 e. The van der Waals surface area contributed by atoms with Crippen molar-refractivity contribution in [2.45, 2.75) is 0 Å². The highest BCUT2D eigenvalue weighted by Gasteiger charge is 2.12. The predicted octanol–water partition coefficient (Wildman–Crippen LogP) is 1.59. The van der Waals surface area contributed by atoms with E-state index in [1.165, 1.54) is 13.2 Å². The van der Waals surface area contributed by atoms with E-state index >= 15 is 0 Å². The number of hydrogen-bond donors (Lipinski definition) is 0. The zero-order chi connectivity index (χ0) is 11.8. The van der Waals surface area contributed by atoms with Gasteiger partial charge in [0.15, 0.2) is 5.75 Å². The van der Waals surface area contributed by atoms with Crippen LogP contribution in [0.25, 0.3) is 0 Å². The van der Waals surface area contributed by atoms with Crippen LogP contribution in [0.2, 0.25) is 0 Å². The van der Waals surface area contributed by atoms with Crippen molar-refractivity contribution in [1.29, 1.82) is 0 Å². The molecule has 0 aliphatic carbocycles. The van der Waals surface area contributed by atoms with Gasteiger partial charge in [-0.1, -0.05) is 12.1 Å². The summed E-state index contributed by atoms with van der Waals surface area (Å²) in [6.45, 7) is 0.744. The van der Waals surface area contributed by atoms with E-state index in [9.17, 15) is 10.1 Å². The lowest BCUT2D eigenvalue weighted by atomic mass is 10.3. The number of nitrogens with zero attached hydrogens (tertiary/aromatic N) is 1. The highest BCUT2D eigenvalue weighted by atomic mass is 16.7. The second-order valence-electron chi connectivity index (χ2n) is 2.89. The first-order chi connectivity index (χ1) is 7.75. The van der Waals surface area contributed by atoms with Gasteiger partial charge in [-0.05, 0) is 6.07 Å². The number of rotatable bonds is 7. The quantitative estimate of drug-likeness (QED) is 0.306. The van der Waals surface area contributed by atoms with Crippen LogP contribution in [0.3, 0.4) is 0 Å². The zero-order valence-electron chi connectivity index (χ0n) is 8.92. The van der Waals surface area contributed by atoms with Gasteiger partial charge in [0.05, 0.1) is 11.5 Å². The summed E-state index contributed by atoms with van der Waals surface area (Å²) >= 11 is 0. The Bertz CT molecular complexity index is 342. The molecule has 0 unspecified atom stereocenters. The third kappa shape index (κ3) is 3.84. The van der Waals surface area contributed by atoms with Gasteiger partial charge < -0.3 is 14.2 Å². The lowest BCUT2D eigenvalue weighted by Crippen LogP contribution is -2.09. The second-order valence-corrected chi connectivity index (χ2v) is 2.89. The van der Waals surface area contributed by atoms with E-state index in [4.69, 9.17) is 9.47 Å². The van der Waals surface area contributed by atoms with E-state index in [0.717, 1.165) is 0 Å². The normalized spacial score (nSPS) is 10.1. The first-order valence-corrected chi connectivity index (χ1v) is 4.68. The summed E-state index contributed by atoms with van der Waals surface area (Å²) < 4.78 is 14.9. The Morgan fingerprint density at radius 2 is 2.06 bits per heavy atom. The Kier molecular flexibility index (Phi) is 5.24. The van der Waals surface area contributed by atoms with E-state index in [-0.39, 0.29) is 24.8 Å². The van der Waals surface area contributed by atoms with Crippen LogP contribution in [0.5, 0.6) is 5.75 Å². The fourth-order valence-corrected chi connectivity index (χ4v) is 1.08. The van der Waals surface area contributed by atoms with Crippen LogP contribution in [0.1, 0.15) is 0 Å². The van der Waals surface area contributed by atoms with Gasteiger partial charge in [0, 0.05) is 13.2 Å². The van der Waals surface area contributed by atoms with Crippen molar-refractivity contribution in [2.75, 3.05) is 27.1 Å². The van der Waals surface area contributed by atoms with Gasteiger partial charge in [-0.15, -0.1) is 0 Å². The van der Waals surface area contributed by atoms with Crippen LogP contribution in [0.15, 0.2) is 24.3 Å². The lowest BCUT2D eigenvalue weighted by molar-refractivity contribution is -0.385. The molecule has 0 radical (unpaired) electrons. The summed E-state index contributed by atoms with van der Waals surface area (Å²) in [6.07, 6.45) is 0. The Morgan fingerprint density at radius 3 is 2.75 bits per heavy atom. The molecule has 0 N–H and O–H groups in total. The van der Waals surface area contributed by atoms with E-state index in [1.54, 1.807) is 18.2 Å². The van der Waals surface area contributed by atoms with Gasteiger partial charge in [0.25, 0.3) is 0 Å². The van der Waals surface area contributed by atoms with Crippen molar-refractivity contribution in [3.05, 3.63) is 34.4 Å². The number of para-hydroxylation sites is 2. The van der Waals surface area contributed by atoms with Crippen molar-refractivity contribution in [3.63, 3.8) is 0 Å². The van der Waals surface area contributed by atoms with Gasteiger partial charge in [-0.3, -0.25) is 10.1 Å². The number of nitro groups is 1. The molecule has 0 aliphatic heterocycles. The second kappa shape index (κ2) is 6.76. The van der Waals surface area contributed by atoms with Crippen molar-refractivity contribution < 1.29 is 19.1 Å². The standard InChI is InChI=1S/C10H13NO5/c1-14-8-15-6-7-16-10-5-3-2-4-9(10)11(12)13/h2-5H,6-8H2,1H3. The molecule has 16 heavy (non-hydrogen) atoms. The molecule has 1 rings (SSSR count). The number of ether oxygens (including phenoxy) is 3. The summed E-state index contributed by atoms with van der Waals surface area (Å²) in [5, 5.41) is 10.6. The lowest BCUT2D eigenvalue weighted by Gasteiger charge is -2.06. The molecule has 0 atom stereocenters. The topological polar surface area (TPSA) is 70.8 Å². The molecule has 0 amide bonds. The molecule has 0 bridgehead atoms. The molecule has 0 aliphatic rings. The monoisotopic (exact) mass is 227 g/mol. The van der Waals surface area contributed by atoms with Crippen molar-refractivity contribution >= 4 is 5.69 Å². The summed E-state index contributed by atoms with van der Waals surface area (Å²) in [5.74, 6) is 0.244. The minimum atomic E-state index is -0.481. The summed E-state index contributed by atoms with van der Waals surface area (Å²) in [6, 6.07) is 6.21. The maximum absolute atomic E-state index is 10.6. The van der Waals surface area contributed by atoms with Gasteiger partial charge in [-0.2, -0.15) is 0 Å². The maximum atomic E-state index is 10.6. The average molecular weight is 227 g/mol. The fourth-order valence-electron chi connectivity index (χ4n) is 1.08. The minimum absolute atomic E-state index is 0.0470. The summed E-state index contributed by atoms with van der Waals surface area (Å²) in [4.78, 5) is 10.2. The largest absolute Gasteiger partial charge is 0.484 e. The molecule has 0 saturated carbocycles. The fraction of sp³-hybridized carbons (Fsp3) is 0.400. The molecule has 0 saturated heterocycles. The molecule has 1 aromatic rings. The molecular weight excluding hydrogens is 214 g/mol. The van der Waals surface area contributed by atoms with Gasteiger partial charge in [0.2, 0.25) is 0 Å². The smallest absolute Gasteiger partial charge is 0.310 e. The van der Waals surface area contributed by atoms with Gasteiger partial charge in [0.1, 0.15) is 13.4 Å². The first kappa shape index (κ1) is 12.4. The number of nitro benzene ring substituents is 1. The van der Waals surface area contributed by atoms with Crippen LogP contribution in [-0.2, 0) is 9.47 Å². The van der Waals surface area contributed by atoms with Crippen LogP contribution in [0, 0.1) is 10.1 Å². The Labute approximate surface area is 92.9 Å². The zero-order valence-corrected chi connectivity index (χ0v) is 8.92. The minimum Gasteiger partial charge on any atom is -0.484 e. The molecular formula is C10H13NO5. The Morgan fingerprint density at radius 1 is 1.31 bits per heavy atom. The van der Waals surface area contributed by atoms with E-state index in [1.807, 2.05) is 0 Å². The van der Waals surface area contributed by atoms with Crippen molar-refractivity contribution in [1.82, 2.24) is 0 Å². The van der Waals surface area contributed by atoms with Crippen LogP contribution >= 0.6 is 0 Å². The van der Waals surface area contributed by atoms with Gasteiger partial charge >= 0.3 is 5.69 Å². The van der Waals surface area contributed by atoms with Crippen molar-refractivity contribution in [3.8, 4) is 5.75 Å². The molecule has 1 aromatic carbocycles. The molecule has 0 fully saturated rings. The van der Waals surface area contributed by atoms with E-state index < -0.39 is 4.92 Å². The molecule has 0 heterocycles. The third-order valence-corrected chi connectivity index (χ3v) is 1.75. The Hall–Kier alpha value is -1.66. The number of benzene rings is 1. The highest BCUT2D eigenvalue weighted by molar-refractivity contribution is 5.45. The van der Waals surface area contributed by atoms with E-state index in [0.29, 0.717) is 6.61 Å². The first-order valence-electron chi connectivity index (χ1n) is 4.68. The predicted molar refractivity (Wildman–Crippen MR) is 56.4 cm³/mol. The van der Waals surface area contributed by atoms with Crippen LogP contribution < -0.4 is 4.74 Å². The van der Waals surface area contributed by atoms with E-state index in [2.05, 4.69) is 4.74 Å². The highest BCUT2D eigenvalue weighted by Crippen LogP contribution is 2.25. The SMILES string of the molecule is COCOCCOc1ccccc1[N+](=O)[O-]. The molecule has 88 valence electrons. The number of methoxy groups -OCH3 is 1. The third-order valence-electron chi connectivity index (χ3n) is 1.75. The Balaban J connectivity index is 2.44. The molecule has 0 aromatic heterocycles. The van der Waals surface area contributed by atoms with Gasteiger partial charge in [-0.25, -0.2) is 0 Å². The molecule has 0 spiro atoms. The molecule has 6 nitrogen and oxygen atoms in total. The average Bonchev–Trinajstić information content (AvgIpc) is 2.29.